The number of rotatable bonds is 9. The minimum atomic E-state index is -0.383. The molecule has 11 nitrogen and oxygen atoms in total. The Hall–Kier alpha value is -5.26. The van der Waals surface area contributed by atoms with Gasteiger partial charge in [-0.05, 0) is 56.3 Å². The number of halogens is 1. The first kappa shape index (κ1) is 32.7. The lowest BCUT2D eigenvalue weighted by atomic mass is 9.98. The van der Waals surface area contributed by atoms with Crippen LogP contribution in [0, 0.1) is 13.8 Å². The summed E-state index contributed by atoms with van der Waals surface area (Å²) < 4.78 is 7.44. The molecule has 3 aromatic heterocycles. The lowest BCUT2D eigenvalue weighted by Crippen LogP contribution is -2.27. The van der Waals surface area contributed by atoms with Crippen LogP contribution in [0.1, 0.15) is 49.3 Å². The quantitative estimate of drug-likeness (QED) is 0.169. The van der Waals surface area contributed by atoms with Crippen LogP contribution in [-0.2, 0) is 26.6 Å². The van der Waals surface area contributed by atoms with Gasteiger partial charge in [0, 0.05) is 73.6 Å². The molecule has 2 aromatic carbocycles. The van der Waals surface area contributed by atoms with E-state index in [-0.39, 0.29) is 17.5 Å². The molecular weight excluding hydrogens is 628 g/mol. The van der Waals surface area contributed by atoms with Crippen molar-refractivity contribution in [1.29, 1.82) is 0 Å². The molecular formula is C36H37ClN8O3. The van der Waals surface area contributed by atoms with Crippen LogP contribution < -0.4 is 20.7 Å². The Morgan fingerprint density at radius 2 is 1.69 bits per heavy atom. The zero-order valence-corrected chi connectivity index (χ0v) is 28.3. The van der Waals surface area contributed by atoms with E-state index in [0.29, 0.717) is 46.6 Å². The number of pyridine rings is 2. The predicted octanol–water partition coefficient (Wildman–Crippen LogP) is 6.26. The van der Waals surface area contributed by atoms with Gasteiger partial charge in [-0.1, -0.05) is 35.9 Å². The summed E-state index contributed by atoms with van der Waals surface area (Å²) in [5.41, 5.74) is 8.19. The maximum atomic E-state index is 13.4. The van der Waals surface area contributed by atoms with Crippen molar-refractivity contribution in [2.75, 3.05) is 36.7 Å². The largest absolute Gasteiger partial charge is 0.496 e. The number of benzene rings is 2. The van der Waals surface area contributed by atoms with Gasteiger partial charge in [0.05, 0.1) is 35.4 Å². The van der Waals surface area contributed by atoms with E-state index in [4.69, 9.17) is 16.3 Å². The second-order valence-electron chi connectivity index (χ2n) is 11.9. The number of fused-ring (bicyclic) bond motifs is 1. The standard InChI is InChI=1S/C36H37ClN8O3/c1-21-12-13-24(19-38-21)39-17-23-18-40-29(16-32(23)48-5)35(46)42-27-10-6-8-25(22(27)2)26-9-7-11-28(33(26)37)43-36(47)34-41-30-20-44(3)15-14-31(30)45(34)4/h6-13,16,18-19,39H,14-15,17,20H2,1-5H3,(H,42,46)(H,43,47). The second-order valence-corrected chi connectivity index (χ2v) is 12.2. The van der Waals surface area contributed by atoms with Gasteiger partial charge in [0.1, 0.15) is 11.4 Å². The number of anilines is 3. The molecule has 0 bridgehead atoms. The van der Waals surface area contributed by atoms with Crippen LogP contribution in [0.5, 0.6) is 5.75 Å². The van der Waals surface area contributed by atoms with Crippen molar-refractivity contribution < 1.29 is 14.3 Å². The number of aryl methyl sites for hydroxylation is 1. The van der Waals surface area contributed by atoms with Crippen molar-refractivity contribution in [3.8, 4) is 16.9 Å². The highest BCUT2D eigenvalue weighted by molar-refractivity contribution is 6.36. The Bertz CT molecular complexity index is 2010. The number of carbonyl (C=O) groups is 2. The van der Waals surface area contributed by atoms with Crippen LogP contribution in [0.2, 0.25) is 5.02 Å². The predicted molar refractivity (Wildman–Crippen MR) is 188 cm³/mol. The molecule has 48 heavy (non-hydrogen) atoms. The van der Waals surface area contributed by atoms with Crippen molar-refractivity contribution >= 4 is 40.5 Å². The molecule has 0 saturated carbocycles. The Balaban J connectivity index is 1.18. The topological polar surface area (TPSA) is 126 Å². The summed E-state index contributed by atoms with van der Waals surface area (Å²) in [7, 11) is 5.47. The van der Waals surface area contributed by atoms with Gasteiger partial charge in [0.2, 0.25) is 0 Å². The molecule has 0 unspecified atom stereocenters. The zero-order chi connectivity index (χ0) is 33.9. The maximum Gasteiger partial charge on any atom is 0.291 e. The molecule has 4 heterocycles. The first-order chi connectivity index (χ1) is 23.1. The van der Waals surface area contributed by atoms with Crippen molar-refractivity contribution in [1.82, 2.24) is 24.4 Å². The van der Waals surface area contributed by atoms with E-state index in [1.165, 1.54) is 0 Å². The number of aromatic nitrogens is 4. The fourth-order valence-electron chi connectivity index (χ4n) is 5.81. The van der Waals surface area contributed by atoms with E-state index in [1.807, 2.05) is 75.0 Å². The molecule has 0 saturated heterocycles. The molecule has 1 aliphatic rings. The van der Waals surface area contributed by atoms with Gasteiger partial charge >= 0.3 is 0 Å². The van der Waals surface area contributed by atoms with Crippen molar-refractivity contribution in [3.05, 3.63) is 112 Å². The summed E-state index contributed by atoms with van der Waals surface area (Å²) in [4.78, 5) is 42.2. The van der Waals surface area contributed by atoms with Gasteiger partial charge in [-0.3, -0.25) is 19.6 Å². The molecule has 1 aliphatic heterocycles. The number of hydrogen-bond acceptors (Lipinski definition) is 8. The molecule has 0 atom stereocenters. The number of methoxy groups -OCH3 is 1. The summed E-state index contributed by atoms with van der Waals surface area (Å²) >= 11 is 6.91. The van der Waals surface area contributed by atoms with Crippen LogP contribution in [-0.4, -0.2) is 56.9 Å². The lowest BCUT2D eigenvalue weighted by molar-refractivity contribution is 0.100. The minimum absolute atomic E-state index is 0.211. The Labute approximate surface area is 284 Å². The summed E-state index contributed by atoms with van der Waals surface area (Å²) in [6.45, 7) is 5.91. The summed E-state index contributed by atoms with van der Waals surface area (Å²) in [5.74, 6) is 0.169. The van der Waals surface area contributed by atoms with Crippen LogP contribution in [0.4, 0.5) is 17.1 Å². The number of hydrogen-bond donors (Lipinski definition) is 3. The van der Waals surface area contributed by atoms with Crippen LogP contribution >= 0.6 is 11.6 Å². The van der Waals surface area contributed by atoms with Crippen LogP contribution in [0.25, 0.3) is 11.1 Å². The highest BCUT2D eigenvalue weighted by Gasteiger charge is 2.25. The van der Waals surface area contributed by atoms with Gasteiger partial charge in [-0.15, -0.1) is 0 Å². The fourth-order valence-corrected chi connectivity index (χ4v) is 6.08. The van der Waals surface area contributed by atoms with E-state index >= 15 is 0 Å². The zero-order valence-electron chi connectivity index (χ0n) is 27.5. The SMILES string of the molecule is COc1cc(C(=O)Nc2cccc(-c3cccc(NC(=O)c4nc5c(n4C)CCN(C)C5)c3Cl)c2C)ncc1CNc1ccc(C)nc1. The average molecular weight is 665 g/mol. The van der Waals surface area contributed by atoms with Gasteiger partial charge in [-0.25, -0.2) is 4.98 Å². The van der Waals surface area contributed by atoms with Crippen molar-refractivity contribution in [2.45, 2.75) is 33.4 Å². The number of carbonyl (C=O) groups excluding carboxylic acids is 2. The Morgan fingerprint density at radius 3 is 2.44 bits per heavy atom. The first-order valence-corrected chi connectivity index (χ1v) is 15.9. The number of ether oxygens (including phenoxy) is 1. The average Bonchev–Trinajstić information content (AvgIpc) is 3.41. The summed E-state index contributed by atoms with van der Waals surface area (Å²) in [6.07, 6.45) is 4.23. The fraction of sp³-hybridized carbons (Fsp3) is 0.250. The van der Waals surface area contributed by atoms with Crippen molar-refractivity contribution in [2.24, 2.45) is 7.05 Å². The molecule has 246 valence electrons. The molecule has 12 heteroatoms. The Morgan fingerprint density at radius 1 is 0.938 bits per heavy atom. The number of amides is 2. The number of nitrogens with one attached hydrogen (secondary N) is 3. The monoisotopic (exact) mass is 664 g/mol. The third-order valence-electron chi connectivity index (χ3n) is 8.56. The van der Waals surface area contributed by atoms with E-state index in [9.17, 15) is 9.59 Å². The molecule has 3 N–H and O–H groups in total. The van der Waals surface area contributed by atoms with Crippen molar-refractivity contribution in [3.63, 3.8) is 0 Å². The van der Waals surface area contributed by atoms with E-state index in [0.717, 1.165) is 52.4 Å². The molecule has 5 aromatic rings. The molecule has 0 fully saturated rings. The number of imidazole rings is 1. The van der Waals surface area contributed by atoms with E-state index < -0.39 is 0 Å². The second kappa shape index (κ2) is 13.8. The smallest absolute Gasteiger partial charge is 0.291 e. The molecule has 0 spiro atoms. The van der Waals surface area contributed by atoms with Crippen LogP contribution in [0.3, 0.4) is 0 Å². The van der Waals surface area contributed by atoms with Gasteiger partial charge in [0.15, 0.2) is 5.82 Å². The van der Waals surface area contributed by atoms with E-state index in [2.05, 4.69) is 35.8 Å². The van der Waals surface area contributed by atoms with E-state index in [1.54, 1.807) is 31.6 Å². The highest BCUT2D eigenvalue weighted by Crippen LogP contribution is 2.38. The Kier molecular flexibility index (Phi) is 9.42. The maximum absolute atomic E-state index is 13.4. The van der Waals surface area contributed by atoms with Gasteiger partial charge in [-0.2, -0.15) is 0 Å². The highest BCUT2D eigenvalue weighted by atomic mass is 35.5. The van der Waals surface area contributed by atoms with Gasteiger partial charge < -0.3 is 30.2 Å². The number of nitrogens with zero attached hydrogens (tertiary/aromatic N) is 5. The minimum Gasteiger partial charge on any atom is -0.496 e. The third-order valence-corrected chi connectivity index (χ3v) is 8.97. The first-order valence-electron chi connectivity index (χ1n) is 15.6. The normalized spacial score (nSPS) is 12.7. The molecule has 2 amide bonds. The third kappa shape index (κ3) is 6.73. The molecule has 0 aliphatic carbocycles. The summed E-state index contributed by atoms with van der Waals surface area (Å²) in [6, 6.07) is 16.6. The lowest BCUT2D eigenvalue weighted by Gasteiger charge is -2.21. The molecule has 0 radical (unpaired) electrons. The summed E-state index contributed by atoms with van der Waals surface area (Å²) in [5, 5.41) is 9.62. The van der Waals surface area contributed by atoms with Gasteiger partial charge in [0.25, 0.3) is 11.8 Å². The van der Waals surface area contributed by atoms with Crippen LogP contribution in [0.15, 0.2) is 67.0 Å². The number of likely N-dealkylation sites (N-methyl/N-ethyl adjacent to an activating group) is 1. The molecule has 6 rings (SSSR count).